The molecule has 26 heavy (non-hydrogen) atoms. The number of aliphatic hydroxyl groups is 1. The second-order valence-electron chi connectivity index (χ2n) is 7.74. The van der Waals surface area contributed by atoms with Crippen LogP contribution < -0.4 is 0 Å². The summed E-state index contributed by atoms with van der Waals surface area (Å²) in [5.74, 6) is 0.215. The standard InChI is InChI=1S/C20H26N4O2/c1-22-14-18(25)12-20(19(22)26)6-9-23(10-7-20)13-16-2-4-17(5-3-16)24-11-8-21-15-24/h2-5,8,11,15,18,25H,6-7,9-10,12-14H2,1H3. The van der Waals surface area contributed by atoms with Crippen molar-refractivity contribution in [1.82, 2.24) is 19.4 Å². The van der Waals surface area contributed by atoms with Gasteiger partial charge in [-0.2, -0.15) is 0 Å². The smallest absolute Gasteiger partial charge is 0.228 e. The maximum absolute atomic E-state index is 12.7. The fourth-order valence-electron chi connectivity index (χ4n) is 4.41. The normalized spacial score (nSPS) is 23.5. The van der Waals surface area contributed by atoms with Gasteiger partial charge in [-0.15, -0.1) is 0 Å². The van der Waals surface area contributed by atoms with Crippen LogP contribution in [0.5, 0.6) is 0 Å². The summed E-state index contributed by atoms with van der Waals surface area (Å²) in [5.41, 5.74) is 2.03. The molecular formula is C20H26N4O2. The van der Waals surface area contributed by atoms with E-state index in [1.54, 1.807) is 24.5 Å². The number of likely N-dealkylation sites (N-methyl/N-ethyl adjacent to an activating group) is 1. The van der Waals surface area contributed by atoms with E-state index >= 15 is 0 Å². The van der Waals surface area contributed by atoms with Gasteiger partial charge in [-0.05, 0) is 50.0 Å². The van der Waals surface area contributed by atoms with E-state index in [1.807, 2.05) is 10.8 Å². The number of hydrogen-bond acceptors (Lipinski definition) is 4. The Kier molecular flexibility index (Phi) is 4.54. The largest absolute Gasteiger partial charge is 0.391 e. The lowest BCUT2D eigenvalue weighted by Crippen LogP contribution is -2.56. The lowest BCUT2D eigenvalue weighted by Gasteiger charge is -2.47. The predicted octanol–water partition coefficient (Wildman–Crippen LogP) is 1.68. The number of likely N-dealkylation sites (tertiary alicyclic amines) is 2. The number of hydrogen-bond donors (Lipinski definition) is 1. The predicted molar refractivity (Wildman–Crippen MR) is 98.8 cm³/mol. The molecule has 2 aliphatic heterocycles. The third kappa shape index (κ3) is 3.27. The number of amides is 1. The van der Waals surface area contributed by atoms with E-state index in [0.29, 0.717) is 13.0 Å². The van der Waals surface area contributed by atoms with Crippen LogP contribution in [0, 0.1) is 5.41 Å². The summed E-state index contributed by atoms with van der Waals surface area (Å²) in [7, 11) is 1.81. The Labute approximate surface area is 154 Å². The van der Waals surface area contributed by atoms with Crippen molar-refractivity contribution in [3.8, 4) is 5.69 Å². The number of rotatable bonds is 3. The van der Waals surface area contributed by atoms with E-state index in [0.717, 1.165) is 38.2 Å². The Bertz CT molecular complexity index is 749. The highest BCUT2D eigenvalue weighted by molar-refractivity contribution is 5.83. The first-order valence-corrected chi connectivity index (χ1v) is 9.29. The molecule has 0 bridgehead atoms. The number of β-amino-alcohol motifs (C(OH)–C–C–N with tert-alkyl or cyclic N) is 1. The summed E-state index contributed by atoms with van der Waals surface area (Å²) in [6.07, 6.45) is 7.40. The molecule has 0 saturated carbocycles. The van der Waals surface area contributed by atoms with Crippen molar-refractivity contribution in [2.24, 2.45) is 5.41 Å². The molecule has 1 aromatic heterocycles. The Morgan fingerprint density at radius 3 is 2.62 bits per heavy atom. The van der Waals surface area contributed by atoms with Gasteiger partial charge in [0, 0.05) is 38.2 Å². The van der Waals surface area contributed by atoms with E-state index in [4.69, 9.17) is 0 Å². The summed E-state index contributed by atoms with van der Waals surface area (Å²) in [6.45, 7) is 3.16. The lowest BCUT2D eigenvalue weighted by molar-refractivity contribution is -0.154. The molecule has 6 nitrogen and oxygen atoms in total. The third-order valence-corrected chi connectivity index (χ3v) is 5.87. The molecule has 4 rings (SSSR count). The number of piperidine rings is 2. The molecule has 1 unspecified atom stereocenters. The minimum Gasteiger partial charge on any atom is -0.391 e. The van der Waals surface area contributed by atoms with E-state index < -0.39 is 0 Å². The molecule has 2 aromatic rings. The van der Waals surface area contributed by atoms with Crippen molar-refractivity contribution in [2.45, 2.75) is 31.9 Å². The van der Waals surface area contributed by atoms with Crippen molar-refractivity contribution in [1.29, 1.82) is 0 Å². The van der Waals surface area contributed by atoms with Crippen molar-refractivity contribution in [3.63, 3.8) is 0 Å². The first-order valence-electron chi connectivity index (χ1n) is 9.29. The Morgan fingerprint density at radius 1 is 1.23 bits per heavy atom. The quantitative estimate of drug-likeness (QED) is 0.911. The number of nitrogens with zero attached hydrogens (tertiary/aromatic N) is 4. The van der Waals surface area contributed by atoms with Gasteiger partial charge >= 0.3 is 0 Å². The summed E-state index contributed by atoms with van der Waals surface area (Å²) >= 11 is 0. The molecule has 1 atom stereocenters. The molecule has 1 N–H and O–H groups in total. The maximum Gasteiger partial charge on any atom is 0.228 e. The van der Waals surface area contributed by atoms with Gasteiger partial charge < -0.3 is 14.6 Å². The fourth-order valence-corrected chi connectivity index (χ4v) is 4.41. The molecule has 0 radical (unpaired) electrons. The first kappa shape index (κ1) is 17.2. The van der Waals surface area contributed by atoms with E-state index in [2.05, 4.69) is 34.1 Å². The Morgan fingerprint density at radius 2 is 1.96 bits per heavy atom. The maximum atomic E-state index is 12.7. The minimum absolute atomic E-state index is 0.215. The summed E-state index contributed by atoms with van der Waals surface area (Å²) in [6, 6.07) is 8.53. The second-order valence-corrected chi connectivity index (χ2v) is 7.74. The second kappa shape index (κ2) is 6.85. The summed E-state index contributed by atoms with van der Waals surface area (Å²) in [4.78, 5) is 20.8. The number of aliphatic hydroxyl groups excluding tert-OH is 1. The van der Waals surface area contributed by atoms with Crippen LogP contribution >= 0.6 is 0 Å². The van der Waals surface area contributed by atoms with Gasteiger partial charge in [0.05, 0.1) is 17.8 Å². The molecular weight excluding hydrogens is 328 g/mol. The zero-order valence-corrected chi connectivity index (χ0v) is 15.2. The minimum atomic E-state index is -0.389. The van der Waals surface area contributed by atoms with Gasteiger partial charge in [0.15, 0.2) is 0 Å². The van der Waals surface area contributed by atoms with Gasteiger partial charge in [0.25, 0.3) is 0 Å². The molecule has 138 valence electrons. The van der Waals surface area contributed by atoms with Crippen LogP contribution in [0.4, 0.5) is 0 Å². The van der Waals surface area contributed by atoms with Gasteiger partial charge in [0.1, 0.15) is 0 Å². The van der Waals surface area contributed by atoms with E-state index in [1.165, 1.54) is 5.56 Å². The van der Waals surface area contributed by atoms with Crippen LogP contribution in [0.3, 0.4) is 0 Å². The molecule has 0 aliphatic carbocycles. The Balaban J connectivity index is 1.37. The van der Waals surface area contributed by atoms with Gasteiger partial charge in [0.2, 0.25) is 5.91 Å². The van der Waals surface area contributed by atoms with E-state index in [9.17, 15) is 9.90 Å². The van der Waals surface area contributed by atoms with Gasteiger partial charge in [-0.25, -0.2) is 4.98 Å². The number of carbonyl (C=O) groups excluding carboxylic acids is 1. The molecule has 2 saturated heterocycles. The van der Waals surface area contributed by atoms with Crippen LogP contribution in [0.1, 0.15) is 24.8 Å². The van der Waals surface area contributed by atoms with Crippen LogP contribution in [0.2, 0.25) is 0 Å². The molecule has 6 heteroatoms. The zero-order chi connectivity index (χ0) is 18.1. The fraction of sp³-hybridized carbons (Fsp3) is 0.500. The molecule has 2 aliphatic rings. The van der Waals surface area contributed by atoms with Crippen molar-refractivity contribution < 1.29 is 9.90 Å². The molecule has 1 spiro atoms. The molecule has 1 aromatic carbocycles. The summed E-state index contributed by atoms with van der Waals surface area (Å²) < 4.78 is 1.99. The molecule has 2 fully saturated rings. The third-order valence-electron chi connectivity index (χ3n) is 5.87. The highest BCUT2D eigenvalue weighted by Crippen LogP contribution is 2.40. The van der Waals surface area contributed by atoms with Crippen LogP contribution in [0.15, 0.2) is 43.0 Å². The number of aromatic nitrogens is 2. The van der Waals surface area contributed by atoms with Crippen molar-refractivity contribution in [2.75, 3.05) is 26.7 Å². The number of carbonyl (C=O) groups is 1. The van der Waals surface area contributed by atoms with E-state index in [-0.39, 0.29) is 17.4 Å². The molecule has 3 heterocycles. The average molecular weight is 354 g/mol. The molecule has 1 amide bonds. The SMILES string of the molecule is CN1CC(O)CC2(CCN(Cc3ccc(-n4ccnc4)cc3)CC2)C1=O. The number of imidazole rings is 1. The van der Waals surface area contributed by atoms with Gasteiger partial charge in [-0.1, -0.05) is 12.1 Å². The monoisotopic (exact) mass is 354 g/mol. The van der Waals surface area contributed by atoms with Gasteiger partial charge in [-0.3, -0.25) is 9.69 Å². The van der Waals surface area contributed by atoms with Crippen LogP contribution in [-0.4, -0.2) is 63.2 Å². The van der Waals surface area contributed by atoms with Crippen molar-refractivity contribution >= 4 is 5.91 Å². The topological polar surface area (TPSA) is 61.6 Å². The van der Waals surface area contributed by atoms with Crippen LogP contribution in [-0.2, 0) is 11.3 Å². The Hall–Kier alpha value is -2.18. The number of benzene rings is 1. The highest BCUT2D eigenvalue weighted by Gasteiger charge is 2.47. The van der Waals surface area contributed by atoms with Crippen LogP contribution in [0.25, 0.3) is 5.69 Å². The van der Waals surface area contributed by atoms with Crippen molar-refractivity contribution in [3.05, 3.63) is 48.5 Å². The lowest BCUT2D eigenvalue weighted by atomic mass is 9.71. The first-order chi connectivity index (χ1) is 12.6. The average Bonchev–Trinajstić information content (AvgIpc) is 3.17. The summed E-state index contributed by atoms with van der Waals surface area (Å²) in [5, 5.41) is 10.1. The zero-order valence-electron chi connectivity index (χ0n) is 15.2. The highest BCUT2D eigenvalue weighted by atomic mass is 16.3.